The predicted octanol–water partition coefficient (Wildman–Crippen LogP) is 3.86. The van der Waals surface area contributed by atoms with Crippen LogP contribution in [0, 0.1) is 5.41 Å². The Labute approximate surface area is 105 Å². The van der Waals surface area contributed by atoms with Gasteiger partial charge in [0.1, 0.15) is 12.1 Å². The first-order valence-corrected chi connectivity index (χ1v) is 6.14. The van der Waals surface area contributed by atoms with E-state index in [1.165, 1.54) is 5.57 Å². The van der Waals surface area contributed by atoms with Gasteiger partial charge in [-0.15, -0.1) is 0 Å². The van der Waals surface area contributed by atoms with Gasteiger partial charge in [0.2, 0.25) is 0 Å². The normalized spacial score (nSPS) is 13.1. The van der Waals surface area contributed by atoms with Crippen molar-refractivity contribution in [3.05, 3.63) is 23.8 Å². The third-order valence-corrected chi connectivity index (χ3v) is 2.61. The largest absolute Gasteiger partial charge is 0.303 e. The average molecular weight is 236 g/mol. The number of allylic oxidation sites excluding steroid dienone is 4. The molecular formula is C15H24O2. The lowest BCUT2D eigenvalue weighted by Gasteiger charge is -2.18. The summed E-state index contributed by atoms with van der Waals surface area (Å²) in [4.78, 5) is 21.1. The molecule has 0 aliphatic heterocycles. The van der Waals surface area contributed by atoms with Gasteiger partial charge in [-0.3, -0.25) is 4.79 Å². The molecule has 0 aromatic carbocycles. The van der Waals surface area contributed by atoms with Crippen LogP contribution in [-0.2, 0) is 9.59 Å². The van der Waals surface area contributed by atoms with E-state index in [0.717, 1.165) is 19.1 Å². The van der Waals surface area contributed by atoms with Gasteiger partial charge in [-0.1, -0.05) is 37.6 Å². The van der Waals surface area contributed by atoms with Crippen molar-refractivity contribution in [3.8, 4) is 0 Å². The topological polar surface area (TPSA) is 34.1 Å². The van der Waals surface area contributed by atoms with Crippen LogP contribution in [0.4, 0.5) is 0 Å². The summed E-state index contributed by atoms with van der Waals surface area (Å²) in [6, 6.07) is 0. The molecule has 0 atom stereocenters. The second kappa shape index (κ2) is 7.99. The standard InChI is InChI=1S/C15H24O2/c1-13(7-6-12-16)9-11-15(3,4)10-5-8-14(2)17/h5,9-10,12H,6-8,11H2,1-4H3. The van der Waals surface area contributed by atoms with Crippen molar-refractivity contribution in [1.29, 1.82) is 0 Å². The van der Waals surface area contributed by atoms with E-state index in [9.17, 15) is 9.59 Å². The fraction of sp³-hybridized carbons (Fsp3) is 0.600. The van der Waals surface area contributed by atoms with E-state index in [4.69, 9.17) is 0 Å². The van der Waals surface area contributed by atoms with Gasteiger partial charge in [0.05, 0.1) is 0 Å². The van der Waals surface area contributed by atoms with Crippen LogP contribution in [-0.4, -0.2) is 12.1 Å². The van der Waals surface area contributed by atoms with Crippen molar-refractivity contribution >= 4 is 12.1 Å². The fourth-order valence-electron chi connectivity index (χ4n) is 1.44. The maximum Gasteiger partial charge on any atom is 0.133 e. The highest BCUT2D eigenvalue weighted by Crippen LogP contribution is 2.24. The number of carbonyl (C=O) groups is 2. The number of hydrogen-bond acceptors (Lipinski definition) is 2. The Morgan fingerprint density at radius 2 is 1.88 bits per heavy atom. The summed E-state index contributed by atoms with van der Waals surface area (Å²) < 4.78 is 0. The third-order valence-electron chi connectivity index (χ3n) is 2.61. The Bertz CT molecular complexity index is 309. The Kier molecular flexibility index (Phi) is 7.44. The minimum atomic E-state index is 0.0674. The zero-order valence-electron chi connectivity index (χ0n) is 11.5. The number of aldehydes is 1. The van der Waals surface area contributed by atoms with E-state index in [2.05, 4.69) is 32.9 Å². The van der Waals surface area contributed by atoms with E-state index >= 15 is 0 Å². The third kappa shape index (κ3) is 9.73. The molecule has 0 fully saturated rings. The zero-order valence-corrected chi connectivity index (χ0v) is 11.5. The van der Waals surface area contributed by atoms with Crippen LogP contribution in [0.3, 0.4) is 0 Å². The van der Waals surface area contributed by atoms with E-state index in [1.807, 2.05) is 6.08 Å². The van der Waals surface area contributed by atoms with Gasteiger partial charge in [-0.05, 0) is 32.1 Å². The lowest BCUT2D eigenvalue weighted by atomic mass is 9.87. The molecule has 17 heavy (non-hydrogen) atoms. The van der Waals surface area contributed by atoms with Crippen molar-refractivity contribution in [2.75, 3.05) is 0 Å². The molecule has 0 aliphatic carbocycles. The van der Waals surface area contributed by atoms with E-state index in [0.29, 0.717) is 12.8 Å². The van der Waals surface area contributed by atoms with Crippen molar-refractivity contribution < 1.29 is 9.59 Å². The molecule has 0 bridgehead atoms. The molecule has 0 saturated carbocycles. The molecule has 0 radical (unpaired) electrons. The van der Waals surface area contributed by atoms with Gasteiger partial charge < -0.3 is 4.79 Å². The predicted molar refractivity (Wildman–Crippen MR) is 71.9 cm³/mol. The molecule has 96 valence electrons. The molecule has 2 heteroatoms. The SMILES string of the molecule is CC(=O)CC=CC(C)(C)CC=C(C)CCC=O. The Morgan fingerprint density at radius 3 is 2.41 bits per heavy atom. The van der Waals surface area contributed by atoms with E-state index in [1.54, 1.807) is 6.92 Å². The Balaban J connectivity index is 4.19. The molecule has 2 nitrogen and oxygen atoms in total. The van der Waals surface area contributed by atoms with Crippen molar-refractivity contribution in [2.45, 2.75) is 53.4 Å². The summed E-state index contributed by atoms with van der Waals surface area (Å²) in [7, 11) is 0. The molecule has 0 rings (SSSR count). The Morgan fingerprint density at radius 1 is 1.24 bits per heavy atom. The molecule has 0 saturated heterocycles. The van der Waals surface area contributed by atoms with Crippen LogP contribution in [0.25, 0.3) is 0 Å². The minimum absolute atomic E-state index is 0.0674. The van der Waals surface area contributed by atoms with Crippen molar-refractivity contribution in [2.24, 2.45) is 5.41 Å². The highest BCUT2D eigenvalue weighted by molar-refractivity contribution is 5.76. The van der Waals surface area contributed by atoms with Gasteiger partial charge in [0.25, 0.3) is 0 Å². The number of carbonyl (C=O) groups excluding carboxylic acids is 2. The summed E-state index contributed by atoms with van der Waals surface area (Å²) in [5, 5.41) is 0. The highest BCUT2D eigenvalue weighted by Gasteiger charge is 2.11. The van der Waals surface area contributed by atoms with Gasteiger partial charge in [-0.2, -0.15) is 0 Å². The summed E-state index contributed by atoms with van der Waals surface area (Å²) >= 11 is 0. The number of rotatable bonds is 8. The maximum atomic E-state index is 10.8. The maximum absolute atomic E-state index is 10.8. The molecular weight excluding hydrogens is 212 g/mol. The first kappa shape index (κ1) is 15.8. The second-order valence-corrected chi connectivity index (χ2v) is 5.26. The number of Topliss-reactive ketones (excluding diaryl/α,β-unsaturated/α-hetero) is 1. The quantitative estimate of drug-likeness (QED) is 0.473. The highest BCUT2D eigenvalue weighted by atomic mass is 16.1. The van der Waals surface area contributed by atoms with E-state index < -0.39 is 0 Å². The van der Waals surface area contributed by atoms with Gasteiger partial charge in [-0.25, -0.2) is 0 Å². The van der Waals surface area contributed by atoms with Crippen molar-refractivity contribution in [1.82, 2.24) is 0 Å². The summed E-state index contributed by atoms with van der Waals surface area (Å²) in [5.41, 5.74) is 1.32. The Hall–Kier alpha value is -1.18. The lowest BCUT2D eigenvalue weighted by Crippen LogP contribution is -2.06. The molecule has 0 amide bonds. The number of hydrogen-bond donors (Lipinski definition) is 0. The van der Waals surface area contributed by atoms with Gasteiger partial charge in [0, 0.05) is 12.8 Å². The monoisotopic (exact) mass is 236 g/mol. The van der Waals surface area contributed by atoms with Crippen LogP contribution in [0.2, 0.25) is 0 Å². The molecule has 0 aliphatic rings. The van der Waals surface area contributed by atoms with Gasteiger partial charge >= 0.3 is 0 Å². The molecule has 0 spiro atoms. The molecule has 0 N–H and O–H groups in total. The average Bonchev–Trinajstić information content (AvgIpc) is 2.23. The van der Waals surface area contributed by atoms with Crippen LogP contribution in [0.1, 0.15) is 53.4 Å². The van der Waals surface area contributed by atoms with Gasteiger partial charge in [0.15, 0.2) is 0 Å². The van der Waals surface area contributed by atoms with Crippen LogP contribution < -0.4 is 0 Å². The minimum Gasteiger partial charge on any atom is -0.303 e. The fourth-order valence-corrected chi connectivity index (χ4v) is 1.44. The van der Waals surface area contributed by atoms with Crippen LogP contribution in [0.5, 0.6) is 0 Å². The zero-order chi connectivity index (χ0) is 13.3. The molecule has 0 aromatic heterocycles. The van der Waals surface area contributed by atoms with Crippen molar-refractivity contribution in [3.63, 3.8) is 0 Å². The van der Waals surface area contributed by atoms with Crippen LogP contribution in [0.15, 0.2) is 23.8 Å². The summed E-state index contributed by atoms with van der Waals surface area (Å²) in [6.45, 7) is 7.94. The second-order valence-electron chi connectivity index (χ2n) is 5.26. The number of ketones is 1. The summed E-state index contributed by atoms with van der Waals surface area (Å²) in [5.74, 6) is 0.190. The first-order chi connectivity index (χ1) is 7.87. The summed E-state index contributed by atoms with van der Waals surface area (Å²) in [6.07, 6.45) is 10.1. The van der Waals surface area contributed by atoms with E-state index in [-0.39, 0.29) is 11.2 Å². The first-order valence-electron chi connectivity index (χ1n) is 6.14. The van der Waals surface area contributed by atoms with Crippen LogP contribution >= 0.6 is 0 Å². The molecule has 0 aromatic rings. The lowest BCUT2D eigenvalue weighted by molar-refractivity contribution is -0.116. The smallest absolute Gasteiger partial charge is 0.133 e. The molecule has 0 heterocycles. The molecule has 0 unspecified atom stereocenters.